The molecule has 1 atom stereocenters. The van der Waals surface area contributed by atoms with Crippen LogP contribution < -0.4 is 4.57 Å². The molecule has 1 unspecified atom stereocenters. The molecule has 0 N–H and O–H groups in total. The minimum Gasteiger partial charge on any atom is -0.455 e. The van der Waals surface area contributed by atoms with Crippen LogP contribution in [0.4, 0.5) is 5.69 Å². The van der Waals surface area contributed by atoms with Crippen LogP contribution >= 0.6 is 0 Å². The third kappa shape index (κ3) is 2.60. The normalized spacial score (nSPS) is 16.6. The molecule has 0 saturated carbocycles. The third-order valence-corrected chi connectivity index (χ3v) is 5.45. The number of nitrogens with zero attached hydrogens (tertiary/aromatic N) is 2. The van der Waals surface area contributed by atoms with Crippen LogP contribution in [-0.2, 0) is 7.05 Å². The molecule has 2 aromatic carbocycles. The maximum atomic E-state index is 9.00. The smallest absolute Gasteiger partial charge is 0.216 e. The average molecular weight is 375 g/mol. The zero-order chi connectivity index (χ0) is 24.5. The first-order chi connectivity index (χ1) is 15.3. The highest BCUT2D eigenvalue weighted by atomic mass is 16.3. The zero-order valence-corrected chi connectivity index (χ0v) is 16.7. The molecule has 0 aliphatic rings. The van der Waals surface area contributed by atoms with Crippen molar-refractivity contribution >= 4 is 27.6 Å². The molecule has 0 radical (unpaired) electrons. The van der Waals surface area contributed by atoms with Crippen LogP contribution in [0.1, 0.15) is 48.9 Å². The lowest BCUT2D eigenvalue weighted by molar-refractivity contribution is -0.667. The van der Waals surface area contributed by atoms with E-state index in [1.165, 1.54) is 6.92 Å². The Kier molecular flexibility index (Phi) is 3.04. The number of aromatic nitrogens is 1. The molecule has 2 heterocycles. The van der Waals surface area contributed by atoms with Gasteiger partial charge in [-0.2, -0.15) is 4.57 Å². The summed E-state index contributed by atoms with van der Waals surface area (Å²) in [5.41, 5.74) is 5.49. The Morgan fingerprint density at radius 1 is 1.18 bits per heavy atom. The highest BCUT2D eigenvalue weighted by Crippen LogP contribution is 2.39. The number of benzene rings is 2. The second-order valence-corrected chi connectivity index (χ2v) is 7.27. The van der Waals surface area contributed by atoms with Crippen LogP contribution in [0.15, 0.2) is 40.8 Å². The first-order valence-corrected chi connectivity index (χ1v) is 9.15. The lowest BCUT2D eigenvalue weighted by Gasteiger charge is -2.15. The fraction of sp³-hybridized carbons (Fsp3) is 0.280. The minimum atomic E-state index is -2.54. The third-order valence-electron chi connectivity index (χ3n) is 5.45. The number of hydrogen-bond donors (Lipinski definition) is 0. The van der Waals surface area contributed by atoms with E-state index < -0.39 is 12.7 Å². The van der Waals surface area contributed by atoms with Gasteiger partial charge in [0.25, 0.3) is 0 Å². The summed E-state index contributed by atoms with van der Waals surface area (Å²) in [5.74, 6) is -1.86. The highest BCUT2D eigenvalue weighted by molar-refractivity contribution is 6.10. The van der Waals surface area contributed by atoms with Gasteiger partial charge < -0.3 is 4.42 Å². The van der Waals surface area contributed by atoms with Gasteiger partial charge in [-0.3, -0.25) is 0 Å². The summed E-state index contributed by atoms with van der Waals surface area (Å²) < 4.78 is 49.4. The fourth-order valence-electron chi connectivity index (χ4n) is 4.00. The van der Waals surface area contributed by atoms with Crippen molar-refractivity contribution < 1.29 is 15.8 Å². The Hall–Kier alpha value is -3.12. The zero-order valence-electron chi connectivity index (χ0n) is 21.7. The Morgan fingerprint density at radius 2 is 1.96 bits per heavy atom. The summed E-state index contributed by atoms with van der Waals surface area (Å²) in [4.78, 5) is 3.52. The van der Waals surface area contributed by atoms with Crippen molar-refractivity contribution in [3.63, 3.8) is 0 Å². The predicted molar refractivity (Wildman–Crippen MR) is 115 cm³/mol. The van der Waals surface area contributed by atoms with Gasteiger partial charge in [0.2, 0.25) is 5.69 Å². The molecule has 140 valence electrons. The molecular formula is C25H25N2O+. The van der Waals surface area contributed by atoms with Crippen molar-refractivity contribution in [1.29, 1.82) is 0 Å². The standard InChI is InChI=1S/C25H25N2O/c1-14(2)23-16(4)12-21(27(7)17(23)5)24-15(3)8-10-19-20-13-18(26-6)9-11-22(20)28-25(19)24/h8-14H,1-5,7H3/q+1/i1D3,12D,14D. The molecule has 0 amide bonds. The lowest BCUT2D eigenvalue weighted by atomic mass is 9.93. The maximum Gasteiger partial charge on any atom is 0.216 e. The van der Waals surface area contributed by atoms with Crippen molar-refractivity contribution in [2.45, 2.75) is 40.4 Å². The van der Waals surface area contributed by atoms with Crippen LogP contribution in [0.5, 0.6) is 0 Å². The summed E-state index contributed by atoms with van der Waals surface area (Å²) in [5, 5.41) is 1.68. The van der Waals surface area contributed by atoms with E-state index in [4.69, 9.17) is 17.8 Å². The maximum absolute atomic E-state index is 9.00. The van der Waals surface area contributed by atoms with Gasteiger partial charge in [-0.25, -0.2) is 4.85 Å². The number of rotatable bonds is 2. The Balaban J connectivity index is 2.11. The van der Waals surface area contributed by atoms with Crippen LogP contribution in [-0.4, -0.2) is 0 Å². The van der Waals surface area contributed by atoms with Gasteiger partial charge in [0, 0.05) is 34.8 Å². The largest absolute Gasteiger partial charge is 0.455 e. The van der Waals surface area contributed by atoms with E-state index in [9.17, 15) is 0 Å². The van der Waals surface area contributed by atoms with Crippen molar-refractivity contribution in [2.75, 3.05) is 0 Å². The summed E-state index contributed by atoms with van der Waals surface area (Å²) in [7, 11) is 1.79. The van der Waals surface area contributed by atoms with Crippen molar-refractivity contribution in [3.05, 3.63) is 70.2 Å². The van der Waals surface area contributed by atoms with E-state index in [2.05, 4.69) is 4.85 Å². The molecule has 3 heteroatoms. The van der Waals surface area contributed by atoms with Crippen molar-refractivity contribution in [1.82, 2.24) is 0 Å². The number of aryl methyl sites for hydroxylation is 1. The number of pyridine rings is 1. The van der Waals surface area contributed by atoms with E-state index in [1.54, 1.807) is 43.7 Å². The fourth-order valence-corrected chi connectivity index (χ4v) is 4.00. The van der Waals surface area contributed by atoms with E-state index in [1.807, 2.05) is 19.1 Å². The molecule has 3 nitrogen and oxygen atoms in total. The van der Waals surface area contributed by atoms with Gasteiger partial charge in [-0.1, -0.05) is 32.0 Å². The number of furan rings is 1. The first-order valence-electron chi connectivity index (χ1n) is 11.6. The average Bonchev–Trinajstić information content (AvgIpc) is 3.10. The molecule has 0 aliphatic heterocycles. The molecule has 0 spiro atoms. The van der Waals surface area contributed by atoms with Gasteiger partial charge in [-0.05, 0) is 43.0 Å². The van der Waals surface area contributed by atoms with E-state index in [0.717, 1.165) is 21.9 Å². The monoisotopic (exact) mass is 374 g/mol. The van der Waals surface area contributed by atoms with Crippen LogP contribution in [0.25, 0.3) is 38.0 Å². The Bertz CT molecular complexity index is 1460. The van der Waals surface area contributed by atoms with Crippen LogP contribution in [0, 0.1) is 27.3 Å². The highest BCUT2D eigenvalue weighted by Gasteiger charge is 2.25. The van der Waals surface area contributed by atoms with Gasteiger partial charge in [0.1, 0.15) is 18.2 Å². The second kappa shape index (κ2) is 6.49. The minimum absolute atomic E-state index is 0.165. The molecule has 4 rings (SSSR count). The molecule has 0 fully saturated rings. The number of hydrogen-bond acceptors (Lipinski definition) is 1. The molecule has 4 aromatic rings. The quantitative estimate of drug-likeness (QED) is 0.283. The summed E-state index contributed by atoms with van der Waals surface area (Å²) in [6.45, 7) is 11.6. The van der Waals surface area contributed by atoms with Crippen LogP contribution in [0.2, 0.25) is 0 Å². The first kappa shape index (κ1) is 13.1. The van der Waals surface area contributed by atoms with E-state index >= 15 is 0 Å². The lowest BCUT2D eigenvalue weighted by Crippen LogP contribution is -2.37. The molecule has 28 heavy (non-hydrogen) atoms. The Morgan fingerprint density at radius 3 is 2.68 bits per heavy atom. The Labute approximate surface area is 173 Å². The van der Waals surface area contributed by atoms with E-state index in [-0.39, 0.29) is 6.04 Å². The molecule has 2 aromatic heterocycles. The summed E-state index contributed by atoms with van der Waals surface area (Å²) >= 11 is 0. The number of fused-ring (bicyclic) bond motifs is 3. The van der Waals surface area contributed by atoms with Gasteiger partial charge in [0.15, 0.2) is 11.4 Å². The van der Waals surface area contributed by atoms with Crippen molar-refractivity contribution in [3.8, 4) is 11.3 Å². The summed E-state index contributed by atoms with van der Waals surface area (Å²) in [6.07, 6.45) is 0. The SMILES string of the molecule is [2H]c1c(C)c(C([2H])(C)C([2H])([2H])[2H])c(C)[n+](C)c1-c1c(C)ccc2c1oc1ccc([N+]#[C-])cc12. The van der Waals surface area contributed by atoms with Gasteiger partial charge in [-0.15, -0.1) is 0 Å². The molecular weight excluding hydrogens is 344 g/mol. The van der Waals surface area contributed by atoms with E-state index in [0.29, 0.717) is 39.4 Å². The van der Waals surface area contributed by atoms with Gasteiger partial charge >= 0.3 is 0 Å². The second-order valence-electron chi connectivity index (χ2n) is 7.27. The molecule has 0 saturated heterocycles. The van der Waals surface area contributed by atoms with Crippen LogP contribution in [0.3, 0.4) is 0 Å². The molecule has 0 aliphatic carbocycles. The molecule has 0 bridgehead atoms. The predicted octanol–water partition coefficient (Wildman–Crippen LogP) is 6.68. The topological polar surface area (TPSA) is 21.4 Å². The summed E-state index contributed by atoms with van der Waals surface area (Å²) in [6, 6.07) is 9.39. The van der Waals surface area contributed by atoms with Crippen molar-refractivity contribution in [2.24, 2.45) is 7.05 Å². The van der Waals surface area contributed by atoms with Gasteiger partial charge in [0.05, 0.1) is 13.5 Å².